The van der Waals surface area contributed by atoms with Crippen molar-refractivity contribution in [2.75, 3.05) is 12.9 Å². The summed E-state index contributed by atoms with van der Waals surface area (Å²) < 4.78 is 30.5. The van der Waals surface area contributed by atoms with E-state index in [9.17, 15) is 13.2 Å². The number of hydrogen-bond donors (Lipinski definition) is 2. The van der Waals surface area contributed by atoms with Crippen molar-refractivity contribution in [1.82, 2.24) is 4.72 Å². The van der Waals surface area contributed by atoms with E-state index >= 15 is 0 Å². The molecule has 0 fully saturated rings. The number of hydrogen-bond acceptors (Lipinski definition) is 5. The molecule has 0 heterocycles. The van der Waals surface area contributed by atoms with E-state index in [4.69, 9.17) is 5.73 Å². The Morgan fingerprint density at radius 1 is 1.30 bits per heavy atom. The third kappa shape index (κ3) is 5.68. The molecule has 0 saturated heterocycles. The topological polar surface area (TPSA) is 98.5 Å². The molecule has 0 unspecified atom stereocenters. The summed E-state index contributed by atoms with van der Waals surface area (Å²) >= 11 is 0. The minimum absolute atomic E-state index is 0.0940. The average molecular weight is 300 g/mol. The van der Waals surface area contributed by atoms with Gasteiger partial charge in [0.2, 0.25) is 10.0 Å². The van der Waals surface area contributed by atoms with Crippen molar-refractivity contribution in [2.45, 2.75) is 25.9 Å². The molecule has 0 aliphatic heterocycles. The number of carbonyl (C=O) groups is 1. The van der Waals surface area contributed by atoms with Gasteiger partial charge in [-0.25, -0.2) is 13.1 Å². The molecule has 0 spiro atoms. The van der Waals surface area contributed by atoms with Crippen LogP contribution in [-0.2, 0) is 32.6 Å². The van der Waals surface area contributed by atoms with Crippen molar-refractivity contribution < 1.29 is 17.9 Å². The number of ether oxygens (including phenoxy) is 1. The molecule has 7 heteroatoms. The highest BCUT2D eigenvalue weighted by Gasteiger charge is 2.12. The van der Waals surface area contributed by atoms with Gasteiger partial charge in [-0.15, -0.1) is 0 Å². The molecule has 1 aromatic rings. The predicted molar refractivity (Wildman–Crippen MR) is 76.2 cm³/mol. The number of rotatable bonds is 8. The first-order chi connectivity index (χ1) is 9.48. The fraction of sp³-hybridized carbons (Fsp3) is 0.462. The van der Waals surface area contributed by atoms with Gasteiger partial charge in [0.15, 0.2) is 0 Å². The minimum atomic E-state index is -3.41. The Hall–Kier alpha value is -1.44. The van der Waals surface area contributed by atoms with Gasteiger partial charge in [0.05, 0.1) is 12.9 Å². The van der Waals surface area contributed by atoms with Crippen molar-refractivity contribution in [3.8, 4) is 0 Å². The highest BCUT2D eigenvalue weighted by molar-refractivity contribution is 7.89. The maximum atomic E-state index is 11.8. The van der Waals surface area contributed by atoms with E-state index in [0.29, 0.717) is 6.54 Å². The van der Waals surface area contributed by atoms with Gasteiger partial charge >= 0.3 is 5.97 Å². The van der Waals surface area contributed by atoms with Gasteiger partial charge in [-0.2, -0.15) is 0 Å². The van der Waals surface area contributed by atoms with Gasteiger partial charge in [0, 0.05) is 19.5 Å². The Kier molecular flexibility index (Phi) is 6.63. The van der Waals surface area contributed by atoms with Crippen LogP contribution in [0.3, 0.4) is 0 Å². The van der Waals surface area contributed by atoms with Crippen LogP contribution >= 0.6 is 0 Å². The lowest BCUT2D eigenvalue weighted by molar-refractivity contribution is -0.140. The van der Waals surface area contributed by atoms with Crippen molar-refractivity contribution in [3.63, 3.8) is 0 Å². The molecule has 0 aromatic heterocycles. The zero-order valence-electron chi connectivity index (χ0n) is 11.5. The van der Waals surface area contributed by atoms with Gasteiger partial charge in [-0.1, -0.05) is 24.3 Å². The second-order valence-corrected chi connectivity index (χ2v) is 6.22. The Labute approximate surface area is 119 Å². The predicted octanol–water partition coefficient (Wildman–Crippen LogP) is 0.518. The molecule has 20 heavy (non-hydrogen) atoms. The van der Waals surface area contributed by atoms with Crippen LogP contribution in [-0.4, -0.2) is 27.2 Å². The molecule has 3 N–H and O–H groups in total. The first-order valence-corrected chi connectivity index (χ1v) is 7.94. The molecular formula is C13H20N2O4S. The lowest BCUT2D eigenvalue weighted by atomic mass is 10.1. The molecule has 0 aliphatic rings. The number of sulfonamides is 1. The van der Waals surface area contributed by atoms with Crippen LogP contribution in [0.1, 0.15) is 24.0 Å². The van der Waals surface area contributed by atoms with Gasteiger partial charge in [-0.05, 0) is 17.5 Å². The van der Waals surface area contributed by atoms with Crippen LogP contribution in [0.4, 0.5) is 0 Å². The maximum absolute atomic E-state index is 11.8. The summed E-state index contributed by atoms with van der Waals surface area (Å²) in [6, 6.07) is 7.39. The van der Waals surface area contributed by atoms with Crippen LogP contribution in [0.2, 0.25) is 0 Å². The summed E-state index contributed by atoms with van der Waals surface area (Å²) in [5.41, 5.74) is 7.35. The number of nitrogens with two attached hydrogens (primary N) is 1. The number of carbonyl (C=O) groups excluding carboxylic acids is 1. The first-order valence-electron chi connectivity index (χ1n) is 6.29. The molecule has 0 atom stereocenters. The van der Waals surface area contributed by atoms with Crippen LogP contribution in [0.15, 0.2) is 24.3 Å². The molecule has 0 amide bonds. The van der Waals surface area contributed by atoms with Crippen molar-refractivity contribution in [1.29, 1.82) is 0 Å². The fourth-order valence-corrected chi connectivity index (χ4v) is 2.74. The van der Waals surface area contributed by atoms with E-state index in [0.717, 1.165) is 11.1 Å². The summed E-state index contributed by atoms with van der Waals surface area (Å²) in [4.78, 5) is 10.9. The van der Waals surface area contributed by atoms with Gasteiger partial charge in [0.1, 0.15) is 0 Å². The monoisotopic (exact) mass is 300 g/mol. The number of nitrogens with one attached hydrogen (secondary N) is 1. The Morgan fingerprint density at radius 2 is 1.95 bits per heavy atom. The van der Waals surface area contributed by atoms with Crippen molar-refractivity contribution in [2.24, 2.45) is 5.73 Å². The fourth-order valence-electron chi connectivity index (χ4n) is 1.70. The third-order valence-corrected chi connectivity index (χ3v) is 4.25. The van der Waals surface area contributed by atoms with E-state index < -0.39 is 16.0 Å². The third-order valence-electron chi connectivity index (χ3n) is 2.84. The second kappa shape index (κ2) is 7.98. The van der Waals surface area contributed by atoms with Gasteiger partial charge < -0.3 is 10.5 Å². The largest absolute Gasteiger partial charge is 0.469 e. The Bertz CT molecular complexity index is 543. The van der Waals surface area contributed by atoms with Gasteiger partial charge in [-0.3, -0.25) is 4.79 Å². The first kappa shape index (κ1) is 16.6. The molecule has 0 radical (unpaired) electrons. The van der Waals surface area contributed by atoms with Crippen molar-refractivity contribution in [3.05, 3.63) is 35.4 Å². The van der Waals surface area contributed by atoms with Crippen LogP contribution in [0.25, 0.3) is 0 Å². The van der Waals surface area contributed by atoms with E-state index in [1.54, 1.807) is 0 Å². The summed E-state index contributed by atoms with van der Waals surface area (Å²) in [5, 5.41) is 0. The van der Waals surface area contributed by atoms with Crippen LogP contribution < -0.4 is 10.5 Å². The highest BCUT2D eigenvalue weighted by Crippen LogP contribution is 2.08. The second-order valence-electron chi connectivity index (χ2n) is 4.29. The molecular weight excluding hydrogens is 280 g/mol. The Balaban J connectivity index is 2.49. The summed E-state index contributed by atoms with van der Waals surface area (Å²) in [6.07, 6.45) is 0.331. The van der Waals surface area contributed by atoms with Gasteiger partial charge in [0.25, 0.3) is 0 Å². The quantitative estimate of drug-likeness (QED) is 0.682. The molecule has 1 aromatic carbocycles. The van der Waals surface area contributed by atoms with E-state index in [2.05, 4.69) is 9.46 Å². The zero-order valence-corrected chi connectivity index (χ0v) is 12.3. The number of esters is 1. The van der Waals surface area contributed by atoms with Crippen LogP contribution in [0.5, 0.6) is 0 Å². The lowest BCUT2D eigenvalue weighted by Crippen LogP contribution is -2.27. The normalized spacial score (nSPS) is 11.3. The summed E-state index contributed by atoms with van der Waals surface area (Å²) in [6.45, 7) is 0.564. The highest BCUT2D eigenvalue weighted by atomic mass is 32.2. The molecule has 0 aliphatic carbocycles. The number of methoxy groups -OCH3 is 1. The zero-order chi connectivity index (χ0) is 15.0. The van der Waals surface area contributed by atoms with E-state index in [1.807, 2.05) is 24.3 Å². The molecule has 0 bridgehead atoms. The summed E-state index contributed by atoms with van der Waals surface area (Å²) in [7, 11) is -2.13. The lowest BCUT2D eigenvalue weighted by Gasteiger charge is -2.09. The molecule has 6 nitrogen and oxygen atoms in total. The smallest absolute Gasteiger partial charge is 0.305 e. The standard InChI is InChI=1S/C13H20N2O4S/c1-19-13(16)7-4-8-20(17,18)15-10-12-6-3-2-5-11(12)9-14/h2-3,5-6,15H,4,7-10,14H2,1H3. The average Bonchev–Trinajstić information content (AvgIpc) is 2.45. The minimum Gasteiger partial charge on any atom is -0.469 e. The molecule has 1 rings (SSSR count). The molecule has 0 saturated carbocycles. The van der Waals surface area contributed by atoms with Crippen LogP contribution in [0, 0.1) is 0 Å². The maximum Gasteiger partial charge on any atom is 0.305 e. The Morgan fingerprint density at radius 3 is 2.55 bits per heavy atom. The van der Waals surface area contributed by atoms with E-state index in [1.165, 1.54) is 7.11 Å². The summed E-state index contributed by atoms with van der Waals surface area (Å²) in [5.74, 6) is -0.513. The van der Waals surface area contributed by atoms with Crippen molar-refractivity contribution >= 4 is 16.0 Å². The van der Waals surface area contributed by atoms with E-state index in [-0.39, 0.29) is 25.1 Å². The SMILES string of the molecule is COC(=O)CCCS(=O)(=O)NCc1ccccc1CN. The molecule has 112 valence electrons. The number of benzene rings is 1.